The lowest BCUT2D eigenvalue weighted by atomic mass is 9.96. The van der Waals surface area contributed by atoms with Crippen LogP contribution in [0.4, 0.5) is 0 Å². The number of nitrogens with one attached hydrogen (secondary N) is 2. The molecule has 1 aromatic rings. The van der Waals surface area contributed by atoms with Crippen LogP contribution in [0.25, 0.3) is 0 Å². The van der Waals surface area contributed by atoms with Gasteiger partial charge in [0.25, 0.3) is 0 Å². The lowest BCUT2D eigenvalue weighted by Crippen LogP contribution is -2.44. The summed E-state index contributed by atoms with van der Waals surface area (Å²) in [7, 11) is -3.08. The predicted molar refractivity (Wildman–Crippen MR) is 120 cm³/mol. The van der Waals surface area contributed by atoms with Crippen LogP contribution in [0.3, 0.4) is 0 Å². The van der Waals surface area contributed by atoms with Crippen molar-refractivity contribution in [1.82, 2.24) is 10.6 Å². The molecule has 1 saturated carbocycles. The van der Waals surface area contributed by atoms with Gasteiger partial charge in [-0.05, 0) is 31.7 Å². The second-order valence-electron chi connectivity index (χ2n) is 6.67. The van der Waals surface area contributed by atoms with Crippen LogP contribution in [0.15, 0.2) is 35.3 Å². The van der Waals surface area contributed by atoms with Gasteiger partial charge in [-0.15, -0.1) is 24.0 Å². The van der Waals surface area contributed by atoms with E-state index >= 15 is 0 Å². The second-order valence-corrected chi connectivity index (χ2v) is 8.86. The minimum atomic E-state index is -3.08. The van der Waals surface area contributed by atoms with E-state index in [0.717, 1.165) is 18.1 Å². The molecular formula is C19H32IN3O2S. The summed E-state index contributed by atoms with van der Waals surface area (Å²) in [6.45, 7) is 3.38. The molecule has 0 unspecified atom stereocenters. The van der Waals surface area contributed by atoms with Crippen molar-refractivity contribution >= 4 is 39.8 Å². The number of hydrogen-bond acceptors (Lipinski definition) is 3. The summed E-state index contributed by atoms with van der Waals surface area (Å²) >= 11 is 0. The Labute approximate surface area is 175 Å². The minimum Gasteiger partial charge on any atom is -0.357 e. The van der Waals surface area contributed by atoms with E-state index in [1.807, 2.05) is 37.3 Å². The maximum atomic E-state index is 12.2. The number of hydrogen-bond donors (Lipinski definition) is 2. The fourth-order valence-corrected chi connectivity index (χ4v) is 4.55. The third kappa shape index (κ3) is 9.21. The molecule has 26 heavy (non-hydrogen) atoms. The molecule has 0 radical (unpaired) electrons. The van der Waals surface area contributed by atoms with Gasteiger partial charge in [0.1, 0.15) is 0 Å². The van der Waals surface area contributed by atoms with E-state index < -0.39 is 9.84 Å². The van der Waals surface area contributed by atoms with E-state index in [4.69, 9.17) is 0 Å². The molecule has 0 amide bonds. The SMILES string of the molecule is CCNC(=NCCCS(=O)(=O)Cc1ccccc1)NC1CCCCC1.I. The summed E-state index contributed by atoms with van der Waals surface area (Å²) in [6, 6.07) is 9.84. The maximum absolute atomic E-state index is 12.2. The smallest absolute Gasteiger partial charge is 0.191 e. The van der Waals surface area contributed by atoms with Crippen LogP contribution < -0.4 is 10.6 Å². The Hall–Kier alpha value is -0.830. The molecule has 1 aliphatic rings. The highest BCUT2D eigenvalue weighted by atomic mass is 127. The number of aliphatic imine (C=N–C) groups is 1. The summed E-state index contributed by atoms with van der Waals surface area (Å²) in [5, 5.41) is 6.74. The predicted octanol–water partition coefficient (Wildman–Crippen LogP) is 3.50. The van der Waals surface area contributed by atoms with Crippen molar-refractivity contribution in [2.45, 2.75) is 57.2 Å². The monoisotopic (exact) mass is 493 g/mol. The van der Waals surface area contributed by atoms with Crippen LogP contribution in [-0.2, 0) is 15.6 Å². The van der Waals surface area contributed by atoms with Crippen molar-refractivity contribution in [1.29, 1.82) is 0 Å². The number of sulfone groups is 1. The molecule has 148 valence electrons. The molecule has 0 saturated heterocycles. The Balaban J connectivity index is 0.00000338. The van der Waals surface area contributed by atoms with E-state index in [1.165, 1.54) is 32.1 Å². The Bertz CT molecular complexity index is 629. The Morgan fingerprint density at radius 1 is 1.15 bits per heavy atom. The molecule has 2 rings (SSSR count). The van der Waals surface area contributed by atoms with Crippen molar-refractivity contribution in [2.24, 2.45) is 4.99 Å². The van der Waals surface area contributed by atoms with E-state index in [9.17, 15) is 8.42 Å². The lowest BCUT2D eigenvalue weighted by molar-refractivity contribution is 0.410. The van der Waals surface area contributed by atoms with E-state index in [1.54, 1.807) is 0 Å². The second kappa shape index (κ2) is 12.5. The highest BCUT2D eigenvalue weighted by molar-refractivity contribution is 14.0. The van der Waals surface area contributed by atoms with E-state index in [-0.39, 0.29) is 35.5 Å². The number of benzene rings is 1. The first kappa shape index (κ1) is 23.2. The number of nitrogens with zero attached hydrogens (tertiary/aromatic N) is 1. The molecule has 1 aliphatic carbocycles. The van der Waals surface area contributed by atoms with E-state index in [0.29, 0.717) is 19.0 Å². The highest BCUT2D eigenvalue weighted by Gasteiger charge is 2.15. The van der Waals surface area contributed by atoms with Crippen molar-refractivity contribution in [3.8, 4) is 0 Å². The lowest BCUT2D eigenvalue weighted by Gasteiger charge is -2.24. The minimum absolute atomic E-state index is 0. The fraction of sp³-hybridized carbons (Fsp3) is 0.632. The number of halogens is 1. The topological polar surface area (TPSA) is 70.6 Å². The van der Waals surface area contributed by atoms with Gasteiger partial charge in [0.15, 0.2) is 15.8 Å². The normalized spacial score (nSPS) is 16.0. The number of rotatable bonds is 8. The molecule has 0 aliphatic heterocycles. The summed E-state index contributed by atoms with van der Waals surface area (Å²) in [5.74, 6) is 1.10. The average molecular weight is 493 g/mol. The van der Waals surface area contributed by atoms with Crippen LogP contribution in [0.1, 0.15) is 51.0 Å². The van der Waals surface area contributed by atoms with Crippen LogP contribution in [0.2, 0.25) is 0 Å². The van der Waals surface area contributed by atoms with Gasteiger partial charge < -0.3 is 10.6 Å². The molecule has 0 aromatic heterocycles. The summed E-state index contributed by atoms with van der Waals surface area (Å²) < 4.78 is 24.4. The van der Waals surface area contributed by atoms with Gasteiger partial charge in [0.05, 0.1) is 11.5 Å². The van der Waals surface area contributed by atoms with Gasteiger partial charge in [-0.3, -0.25) is 4.99 Å². The molecule has 0 atom stereocenters. The Kier molecular flexibility index (Phi) is 11.2. The van der Waals surface area contributed by atoms with Crippen molar-refractivity contribution < 1.29 is 8.42 Å². The molecule has 0 heterocycles. The zero-order valence-corrected chi connectivity index (χ0v) is 18.8. The first-order valence-corrected chi connectivity index (χ1v) is 11.2. The third-order valence-corrected chi connectivity index (χ3v) is 6.09. The van der Waals surface area contributed by atoms with Crippen LogP contribution in [0, 0.1) is 0 Å². The molecule has 0 spiro atoms. The molecule has 5 nitrogen and oxygen atoms in total. The van der Waals surface area contributed by atoms with Crippen LogP contribution >= 0.6 is 24.0 Å². The molecule has 1 fully saturated rings. The summed E-state index contributed by atoms with van der Waals surface area (Å²) in [4.78, 5) is 4.55. The van der Waals surface area contributed by atoms with Gasteiger partial charge >= 0.3 is 0 Å². The van der Waals surface area contributed by atoms with Gasteiger partial charge in [-0.25, -0.2) is 8.42 Å². The molecule has 1 aromatic carbocycles. The highest BCUT2D eigenvalue weighted by Crippen LogP contribution is 2.17. The van der Waals surface area contributed by atoms with Gasteiger partial charge in [-0.2, -0.15) is 0 Å². The summed E-state index contributed by atoms with van der Waals surface area (Å²) in [6.07, 6.45) is 6.80. The first-order valence-electron chi connectivity index (χ1n) is 9.38. The van der Waals surface area contributed by atoms with Gasteiger partial charge in [-0.1, -0.05) is 49.6 Å². The van der Waals surface area contributed by atoms with E-state index in [2.05, 4.69) is 15.6 Å². The average Bonchev–Trinajstić information content (AvgIpc) is 2.60. The van der Waals surface area contributed by atoms with Crippen LogP contribution in [-0.4, -0.2) is 39.3 Å². The zero-order valence-electron chi connectivity index (χ0n) is 15.6. The maximum Gasteiger partial charge on any atom is 0.191 e. The van der Waals surface area contributed by atoms with Crippen molar-refractivity contribution in [2.75, 3.05) is 18.8 Å². The Morgan fingerprint density at radius 2 is 1.85 bits per heavy atom. The van der Waals surface area contributed by atoms with Crippen molar-refractivity contribution in [3.05, 3.63) is 35.9 Å². The zero-order chi connectivity index (χ0) is 18.0. The quantitative estimate of drug-likeness (QED) is 0.252. The standard InChI is InChI=1S/C19H31N3O2S.HI/c1-2-20-19(22-18-12-7-4-8-13-18)21-14-9-15-25(23,24)16-17-10-5-3-6-11-17;/h3,5-6,10-11,18H,2,4,7-9,12-16H2,1H3,(H2,20,21,22);1H. The van der Waals surface area contributed by atoms with Crippen LogP contribution in [0.5, 0.6) is 0 Å². The fourth-order valence-electron chi connectivity index (χ4n) is 3.14. The third-order valence-electron chi connectivity index (χ3n) is 4.40. The number of guanidine groups is 1. The Morgan fingerprint density at radius 3 is 2.50 bits per heavy atom. The molecular weight excluding hydrogens is 461 g/mol. The van der Waals surface area contributed by atoms with Gasteiger partial charge in [0.2, 0.25) is 0 Å². The first-order chi connectivity index (χ1) is 12.1. The largest absolute Gasteiger partial charge is 0.357 e. The van der Waals surface area contributed by atoms with Gasteiger partial charge in [0, 0.05) is 19.1 Å². The molecule has 0 bridgehead atoms. The molecule has 2 N–H and O–H groups in total. The molecule has 7 heteroatoms. The summed E-state index contributed by atoms with van der Waals surface area (Å²) in [5.41, 5.74) is 0.846. The van der Waals surface area contributed by atoms with Crippen molar-refractivity contribution in [3.63, 3.8) is 0 Å².